The maximum atomic E-state index is 2.55. The molecule has 0 nitrogen and oxygen atoms in total. The number of hydrogen-bond donors (Lipinski definition) is 0. The third kappa shape index (κ3) is 2.36. The molecule has 1 aliphatic rings. The standard InChI is InChI=1S/C8H19PSi/c1-10(2,3)9-7-5-4-6-8-9/h4-8H2,1-3H3. The van der Waals surface area contributed by atoms with Gasteiger partial charge in [-0.1, -0.05) is 26.1 Å². The summed E-state index contributed by atoms with van der Waals surface area (Å²) < 4.78 is 0. The van der Waals surface area contributed by atoms with Crippen molar-refractivity contribution >= 4 is 15.2 Å². The van der Waals surface area contributed by atoms with Crippen LogP contribution in [0.25, 0.3) is 0 Å². The minimum absolute atomic E-state index is 0.526. The van der Waals surface area contributed by atoms with Gasteiger partial charge < -0.3 is 0 Å². The van der Waals surface area contributed by atoms with Gasteiger partial charge in [0.2, 0.25) is 0 Å². The molecule has 0 aromatic heterocycles. The van der Waals surface area contributed by atoms with Gasteiger partial charge in [-0.15, -0.1) is 7.47 Å². The van der Waals surface area contributed by atoms with Crippen molar-refractivity contribution in [1.29, 1.82) is 0 Å². The van der Waals surface area contributed by atoms with Crippen LogP contribution < -0.4 is 0 Å². The molecule has 0 N–H and O–H groups in total. The second-order valence-corrected chi connectivity index (χ2v) is 16.5. The summed E-state index contributed by atoms with van der Waals surface area (Å²) in [7, 11) is -0.165. The highest BCUT2D eigenvalue weighted by Crippen LogP contribution is 2.50. The van der Waals surface area contributed by atoms with Crippen LogP contribution in [0.5, 0.6) is 0 Å². The summed E-state index contributed by atoms with van der Waals surface area (Å²) in [5.74, 6) is 0. The van der Waals surface area contributed by atoms with Crippen LogP contribution in [0.1, 0.15) is 19.3 Å². The molecule has 1 rings (SSSR count). The van der Waals surface area contributed by atoms with Gasteiger partial charge in [-0.25, -0.2) is 0 Å². The Kier molecular flexibility index (Phi) is 2.94. The first-order chi connectivity index (χ1) is 4.61. The van der Waals surface area contributed by atoms with E-state index in [1.54, 1.807) is 12.3 Å². The van der Waals surface area contributed by atoms with E-state index in [1.807, 2.05) is 0 Å². The van der Waals surface area contributed by atoms with E-state index in [1.165, 1.54) is 19.3 Å². The van der Waals surface area contributed by atoms with Gasteiger partial charge in [-0.05, 0) is 25.2 Å². The lowest BCUT2D eigenvalue weighted by Gasteiger charge is -2.32. The fourth-order valence-electron chi connectivity index (χ4n) is 1.56. The number of hydrogen-bond acceptors (Lipinski definition) is 0. The van der Waals surface area contributed by atoms with Gasteiger partial charge >= 0.3 is 0 Å². The van der Waals surface area contributed by atoms with E-state index in [9.17, 15) is 0 Å². The maximum absolute atomic E-state index is 2.55. The van der Waals surface area contributed by atoms with Crippen LogP contribution in [0.15, 0.2) is 0 Å². The van der Waals surface area contributed by atoms with E-state index in [4.69, 9.17) is 0 Å². The Balaban J connectivity index is 2.39. The molecule has 1 aliphatic heterocycles. The lowest BCUT2D eigenvalue weighted by atomic mass is 10.3. The molecule has 0 aromatic rings. The molecule has 1 saturated heterocycles. The second kappa shape index (κ2) is 3.36. The Morgan fingerprint density at radius 3 is 1.70 bits per heavy atom. The summed E-state index contributed by atoms with van der Waals surface area (Å²) in [4.78, 5) is 0. The van der Waals surface area contributed by atoms with Gasteiger partial charge in [0.15, 0.2) is 0 Å². The lowest BCUT2D eigenvalue weighted by molar-refractivity contribution is 0.756. The van der Waals surface area contributed by atoms with Crippen LogP contribution in [0, 0.1) is 0 Å². The highest BCUT2D eigenvalue weighted by atomic mass is 31.4. The van der Waals surface area contributed by atoms with E-state index in [0.29, 0.717) is 7.47 Å². The van der Waals surface area contributed by atoms with Crippen molar-refractivity contribution in [1.82, 2.24) is 0 Å². The van der Waals surface area contributed by atoms with Gasteiger partial charge in [0.1, 0.15) is 0 Å². The van der Waals surface area contributed by atoms with Gasteiger partial charge in [0.05, 0.1) is 7.74 Å². The second-order valence-electron chi connectivity index (χ2n) is 4.22. The molecule has 2 heteroatoms. The Labute approximate surface area is 67.0 Å². The molecule has 0 bridgehead atoms. The summed E-state index contributed by atoms with van der Waals surface area (Å²) in [5, 5.41) is 0. The van der Waals surface area contributed by atoms with Crippen molar-refractivity contribution in [2.24, 2.45) is 0 Å². The zero-order chi connectivity index (χ0) is 7.61. The fourth-order valence-corrected chi connectivity index (χ4v) is 9.31. The first kappa shape index (κ1) is 8.74. The smallest absolute Gasteiger partial charge is 0.0719 e. The minimum atomic E-state index is -0.692. The monoisotopic (exact) mass is 174 g/mol. The molecule has 1 heterocycles. The molecule has 10 heavy (non-hydrogen) atoms. The summed E-state index contributed by atoms with van der Waals surface area (Å²) in [6.45, 7) is 7.64. The predicted molar refractivity (Wildman–Crippen MR) is 53.9 cm³/mol. The van der Waals surface area contributed by atoms with Gasteiger partial charge in [-0.2, -0.15) is 0 Å². The molecule has 60 valence electrons. The van der Waals surface area contributed by atoms with E-state index in [0.717, 1.165) is 0 Å². The normalized spacial score (nSPS) is 23.1. The van der Waals surface area contributed by atoms with Crippen LogP contribution in [0.2, 0.25) is 19.6 Å². The molecule has 0 atom stereocenters. The quantitative estimate of drug-likeness (QED) is 0.421. The maximum Gasteiger partial charge on any atom is 0.0719 e. The van der Waals surface area contributed by atoms with Crippen LogP contribution in [0.3, 0.4) is 0 Å². The van der Waals surface area contributed by atoms with E-state index < -0.39 is 7.74 Å². The largest absolute Gasteiger partial charge is 0.119 e. The Morgan fingerprint density at radius 2 is 1.40 bits per heavy atom. The molecular formula is C8H19PSi. The first-order valence-corrected chi connectivity index (χ1v) is 10.4. The van der Waals surface area contributed by atoms with Crippen molar-refractivity contribution in [2.75, 3.05) is 12.3 Å². The summed E-state index contributed by atoms with van der Waals surface area (Å²) in [6.07, 6.45) is 7.80. The third-order valence-electron chi connectivity index (χ3n) is 2.30. The SMILES string of the molecule is C[Si](C)(C)P1CCCCC1. The Bertz CT molecular complexity index is 100. The van der Waals surface area contributed by atoms with Crippen LogP contribution >= 0.6 is 7.47 Å². The predicted octanol–water partition coefficient (Wildman–Crippen LogP) is 3.49. The zero-order valence-corrected chi connectivity index (χ0v) is 9.38. The number of rotatable bonds is 1. The third-order valence-corrected chi connectivity index (χ3v) is 12.9. The van der Waals surface area contributed by atoms with E-state index in [-0.39, 0.29) is 0 Å². The molecule has 0 aromatic carbocycles. The first-order valence-electron chi connectivity index (χ1n) is 4.36. The van der Waals surface area contributed by atoms with Gasteiger partial charge in [0.25, 0.3) is 0 Å². The highest BCUT2D eigenvalue weighted by molar-refractivity contribution is 7.94. The van der Waals surface area contributed by atoms with Crippen LogP contribution in [0.4, 0.5) is 0 Å². The molecular weight excluding hydrogens is 155 g/mol. The molecule has 0 spiro atoms. The van der Waals surface area contributed by atoms with E-state index in [2.05, 4.69) is 19.6 Å². The average molecular weight is 174 g/mol. The van der Waals surface area contributed by atoms with Crippen molar-refractivity contribution in [3.8, 4) is 0 Å². The van der Waals surface area contributed by atoms with Gasteiger partial charge in [0, 0.05) is 0 Å². The Hall–Kier alpha value is 0.647. The summed E-state index contributed by atoms with van der Waals surface area (Å²) in [5.41, 5.74) is 0. The molecule has 0 aliphatic carbocycles. The van der Waals surface area contributed by atoms with Crippen molar-refractivity contribution in [2.45, 2.75) is 38.9 Å². The molecule has 0 amide bonds. The van der Waals surface area contributed by atoms with Crippen molar-refractivity contribution in [3.05, 3.63) is 0 Å². The summed E-state index contributed by atoms with van der Waals surface area (Å²) in [6, 6.07) is 0. The van der Waals surface area contributed by atoms with Crippen LogP contribution in [-0.2, 0) is 0 Å². The average Bonchev–Trinajstić information content (AvgIpc) is 1.88. The van der Waals surface area contributed by atoms with E-state index >= 15 is 0 Å². The van der Waals surface area contributed by atoms with Gasteiger partial charge in [-0.3, -0.25) is 0 Å². The highest BCUT2D eigenvalue weighted by Gasteiger charge is 2.26. The molecule has 0 radical (unpaired) electrons. The molecule has 0 saturated carbocycles. The van der Waals surface area contributed by atoms with Crippen molar-refractivity contribution in [3.63, 3.8) is 0 Å². The summed E-state index contributed by atoms with van der Waals surface area (Å²) >= 11 is 0. The fraction of sp³-hybridized carbons (Fsp3) is 1.00. The lowest BCUT2D eigenvalue weighted by Crippen LogP contribution is -2.22. The van der Waals surface area contributed by atoms with Crippen LogP contribution in [-0.4, -0.2) is 20.1 Å². The topological polar surface area (TPSA) is 0 Å². The zero-order valence-electron chi connectivity index (χ0n) is 7.48. The molecule has 0 unspecified atom stereocenters. The Morgan fingerprint density at radius 1 is 0.900 bits per heavy atom. The van der Waals surface area contributed by atoms with Crippen molar-refractivity contribution < 1.29 is 0 Å². The minimum Gasteiger partial charge on any atom is -0.119 e. The molecule has 1 fully saturated rings.